The first kappa shape index (κ1) is 14.7. The second kappa shape index (κ2) is 6.17. The maximum absolute atomic E-state index is 13.2. The van der Waals surface area contributed by atoms with Crippen molar-refractivity contribution in [2.45, 2.75) is 18.2 Å². The van der Waals surface area contributed by atoms with Crippen LogP contribution in [0.1, 0.15) is 10.4 Å². The number of hydrogen-bond donors (Lipinski definition) is 3. The molecule has 0 radical (unpaired) electrons. The highest BCUT2D eigenvalue weighted by Gasteiger charge is 2.32. The smallest absolute Gasteiger partial charge is 0.255 e. The van der Waals surface area contributed by atoms with Crippen LogP contribution in [0.25, 0.3) is 0 Å². The van der Waals surface area contributed by atoms with Gasteiger partial charge in [-0.3, -0.25) is 4.79 Å². The fourth-order valence-corrected chi connectivity index (χ4v) is 2.01. The van der Waals surface area contributed by atoms with Crippen LogP contribution in [0.5, 0.6) is 5.75 Å². The van der Waals surface area contributed by atoms with Crippen molar-refractivity contribution < 1.29 is 28.9 Å². The number of carbonyl (C=O) groups excluding carboxylic acids is 1. The van der Waals surface area contributed by atoms with Gasteiger partial charge >= 0.3 is 0 Å². The number of methoxy groups -OCH3 is 1. The van der Waals surface area contributed by atoms with Crippen molar-refractivity contribution in [3.05, 3.63) is 29.6 Å². The van der Waals surface area contributed by atoms with Crippen LogP contribution in [-0.2, 0) is 4.74 Å². The van der Waals surface area contributed by atoms with Crippen molar-refractivity contribution in [1.29, 1.82) is 0 Å². The van der Waals surface area contributed by atoms with Crippen molar-refractivity contribution >= 4 is 5.91 Å². The standard InChI is InChI=1S/C13H16FNO5/c1-19-11-3-2-7(14)4-8(11)13(18)15-9-5-20-6-10(16)12(9)17/h2-4,9-10,12,16-17H,5-6H2,1H3,(H,15,18)/t9-,10-,12+/m1/s1. The van der Waals surface area contributed by atoms with E-state index in [0.717, 1.165) is 6.07 Å². The van der Waals surface area contributed by atoms with E-state index < -0.39 is 30.0 Å². The average Bonchev–Trinajstić information content (AvgIpc) is 2.43. The Kier molecular flexibility index (Phi) is 4.53. The molecule has 0 bridgehead atoms. The fraction of sp³-hybridized carbons (Fsp3) is 0.462. The van der Waals surface area contributed by atoms with E-state index in [0.29, 0.717) is 0 Å². The number of aliphatic hydroxyl groups excluding tert-OH is 2. The molecule has 1 fully saturated rings. The normalized spacial score (nSPS) is 26.1. The zero-order valence-electron chi connectivity index (χ0n) is 10.9. The second-order valence-corrected chi connectivity index (χ2v) is 4.52. The lowest BCUT2D eigenvalue weighted by Gasteiger charge is -2.32. The summed E-state index contributed by atoms with van der Waals surface area (Å²) in [4.78, 5) is 12.1. The van der Waals surface area contributed by atoms with Gasteiger partial charge in [0.25, 0.3) is 5.91 Å². The number of rotatable bonds is 3. The molecule has 3 N–H and O–H groups in total. The van der Waals surface area contributed by atoms with Gasteiger partial charge in [0.1, 0.15) is 23.8 Å². The molecule has 1 aliphatic heterocycles. The molecule has 1 heterocycles. The SMILES string of the molecule is COc1ccc(F)cc1C(=O)N[C@@H]1COC[C@@H](O)[C@H]1O. The Morgan fingerprint density at radius 1 is 1.45 bits per heavy atom. The Morgan fingerprint density at radius 3 is 2.90 bits per heavy atom. The summed E-state index contributed by atoms with van der Waals surface area (Å²) in [5.41, 5.74) is 0.0137. The molecule has 1 saturated heterocycles. The highest BCUT2D eigenvalue weighted by molar-refractivity contribution is 5.97. The largest absolute Gasteiger partial charge is 0.496 e. The quantitative estimate of drug-likeness (QED) is 0.709. The van der Waals surface area contributed by atoms with E-state index in [-0.39, 0.29) is 24.5 Å². The molecule has 1 amide bonds. The number of carbonyl (C=O) groups is 1. The molecule has 3 atom stereocenters. The van der Waals surface area contributed by atoms with E-state index in [1.54, 1.807) is 0 Å². The Balaban J connectivity index is 2.13. The van der Waals surface area contributed by atoms with Crippen molar-refractivity contribution in [3.63, 3.8) is 0 Å². The maximum Gasteiger partial charge on any atom is 0.255 e. The van der Waals surface area contributed by atoms with Crippen molar-refractivity contribution in [1.82, 2.24) is 5.32 Å². The number of benzene rings is 1. The summed E-state index contributed by atoms with van der Waals surface area (Å²) in [6, 6.07) is 2.80. The van der Waals surface area contributed by atoms with Gasteiger partial charge in [0.15, 0.2) is 0 Å². The Hall–Kier alpha value is -1.70. The predicted molar refractivity (Wildman–Crippen MR) is 67.0 cm³/mol. The average molecular weight is 285 g/mol. The van der Waals surface area contributed by atoms with Gasteiger partial charge in [-0.25, -0.2) is 4.39 Å². The number of hydrogen-bond acceptors (Lipinski definition) is 5. The van der Waals surface area contributed by atoms with Crippen LogP contribution in [0.4, 0.5) is 4.39 Å². The van der Waals surface area contributed by atoms with E-state index >= 15 is 0 Å². The lowest BCUT2D eigenvalue weighted by molar-refractivity contribution is -0.102. The second-order valence-electron chi connectivity index (χ2n) is 4.52. The van der Waals surface area contributed by atoms with Gasteiger partial charge in [-0.15, -0.1) is 0 Å². The number of halogens is 1. The van der Waals surface area contributed by atoms with Crippen molar-refractivity contribution in [3.8, 4) is 5.75 Å². The van der Waals surface area contributed by atoms with Gasteiger partial charge < -0.3 is 25.0 Å². The van der Waals surface area contributed by atoms with Gasteiger partial charge in [0.05, 0.1) is 31.9 Å². The molecule has 0 saturated carbocycles. The molecule has 0 spiro atoms. The minimum Gasteiger partial charge on any atom is -0.496 e. The third-order valence-electron chi connectivity index (χ3n) is 3.12. The van der Waals surface area contributed by atoms with Crippen LogP contribution in [0.3, 0.4) is 0 Å². The first-order chi connectivity index (χ1) is 9.52. The molecule has 2 rings (SSSR count). The van der Waals surface area contributed by atoms with Crippen LogP contribution in [0.15, 0.2) is 18.2 Å². The molecule has 0 aliphatic carbocycles. The lowest BCUT2D eigenvalue weighted by atomic mass is 10.0. The number of aliphatic hydroxyl groups is 2. The monoisotopic (exact) mass is 285 g/mol. The Morgan fingerprint density at radius 2 is 2.20 bits per heavy atom. The molecule has 7 heteroatoms. The van der Waals surface area contributed by atoms with E-state index in [2.05, 4.69) is 5.32 Å². The highest BCUT2D eigenvalue weighted by atomic mass is 19.1. The van der Waals surface area contributed by atoms with Crippen LogP contribution in [0, 0.1) is 5.82 Å². The fourth-order valence-electron chi connectivity index (χ4n) is 2.01. The number of amides is 1. The highest BCUT2D eigenvalue weighted by Crippen LogP contribution is 2.20. The molecule has 110 valence electrons. The number of nitrogens with one attached hydrogen (secondary N) is 1. The summed E-state index contributed by atoms with van der Waals surface area (Å²) < 4.78 is 23.3. The summed E-state index contributed by atoms with van der Waals surface area (Å²) in [6.45, 7) is 0.0818. The molecule has 6 nitrogen and oxygen atoms in total. The minimum absolute atomic E-state index is 0.0107. The third-order valence-corrected chi connectivity index (χ3v) is 3.12. The van der Waals surface area contributed by atoms with E-state index in [4.69, 9.17) is 9.47 Å². The van der Waals surface area contributed by atoms with Crippen molar-refractivity contribution in [2.24, 2.45) is 0 Å². The lowest BCUT2D eigenvalue weighted by Crippen LogP contribution is -2.55. The van der Waals surface area contributed by atoms with Gasteiger partial charge in [-0.05, 0) is 18.2 Å². The summed E-state index contributed by atoms with van der Waals surface area (Å²) in [6.07, 6.45) is -2.20. The molecule has 1 aliphatic rings. The van der Waals surface area contributed by atoms with Gasteiger partial charge in [-0.1, -0.05) is 0 Å². The van der Waals surface area contributed by atoms with Crippen LogP contribution < -0.4 is 10.1 Å². The molecule has 0 unspecified atom stereocenters. The van der Waals surface area contributed by atoms with Gasteiger partial charge in [0, 0.05) is 0 Å². The van der Waals surface area contributed by atoms with Crippen molar-refractivity contribution in [2.75, 3.05) is 20.3 Å². The molecular weight excluding hydrogens is 269 g/mol. The first-order valence-electron chi connectivity index (χ1n) is 6.11. The van der Waals surface area contributed by atoms with E-state index in [9.17, 15) is 19.4 Å². The summed E-state index contributed by atoms with van der Waals surface area (Å²) in [7, 11) is 1.37. The van der Waals surface area contributed by atoms with Gasteiger partial charge in [0.2, 0.25) is 0 Å². The van der Waals surface area contributed by atoms with E-state index in [1.807, 2.05) is 0 Å². The Labute approximate surface area is 115 Å². The van der Waals surface area contributed by atoms with E-state index in [1.165, 1.54) is 19.2 Å². The molecular formula is C13H16FNO5. The number of ether oxygens (including phenoxy) is 2. The predicted octanol–water partition coefficient (Wildman–Crippen LogP) is -0.315. The molecule has 0 aromatic heterocycles. The zero-order chi connectivity index (χ0) is 14.7. The third kappa shape index (κ3) is 3.06. The van der Waals surface area contributed by atoms with Crippen LogP contribution >= 0.6 is 0 Å². The maximum atomic E-state index is 13.2. The minimum atomic E-state index is -1.13. The summed E-state index contributed by atoms with van der Waals surface area (Å²) in [5, 5.41) is 21.7. The molecule has 1 aromatic rings. The first-order valence-corrected chi connectivity index (χ1v) is 6.11. The topological polar surface area (TPSA) is 88.0 Å². The summed E-state index contributed by atoms with van der Waals surface area (Å²) in [5.74, 6) is -0.963. The van der Waals surface area contributed by atoms with Crippen LogP contribution in [0.2, 0.25) is 0 Å². The molecule has 20 heavy (non-hydrogen) atoms. The van der Waals surface area contributed by atoms with Crippen LogP contribution in [-0.4, -0.2) is 54.7 Å². The molecule has 1 aromatic carbocycles. The summed E-state index contributed by atoms with van der Waals surface area (Å²) >= 11 is 0. The Bertz CT molecular complexity index is 496. The zero-order valence-corrected chi connectivity index (χ0v) is 10.9. The van der Waals surface area contributed by atoms with Gasteiger partial charge in [-0.2, -0.15) is 0 Å².